The van der Waals surface area contributed by atoms with Gasteiger partial charge in [-0.3, -0.25) is 4.90 Å². The Bertz CT molecular complexity index is 344. The Morgan fingerprint density at radius 2 is 2.19 bits per heavy atom. The van der Waals surface area contributed by atoms with Crippen LogP contribution in [0.3, 0.4) is 0 Å². The molecule has 1 N–H and O–H groups in total. The Morgan fingerprint density at radius 3 is 2.69 bits per heavy atom. The lowest BCUT2D eigenvalue weighted by atomic mass is 10.2. The van der Waals surface area contributed by atoms with Crippen molar-refractivity contribution in [2.24, 2.45) is 7.05 Å². The zero-order valence-electron chi connectivity index (χ0n) is 9.91. The van der Waals surface area contributed by atoms with Crippen LogP contribution in [-0.4, -0.2) is 41.1 Å². The maximum atomic E-state index is 4.51. The third-order valence-electron chi connectivity index (χ3n) is 3.19. The van der Waals surface area contributed by atoms with E-state index >= 15 is 0 Å². The highest BCUT2D eigenvalue weighted by atomic mass is 79.9. The first-order chi connectivity index (χ1) is 7.74. The van der Waals surface area contributed by atoms with Gasteiger partial charge in [0.1, 0.15) is 4.60 Å². The van der Waals surface area contributed by atoms with Crippen molar-refractivity contribution in [3.63, 3.8) is 0 Å². The molecule has 1 saturated heterocycles. The van der Waals surface area contributed by atoms with Gasteiger partial charge in [-0.1, -0.05) is 0 Å². The maximum Gasteiger partial charge on any atom is 0.109 e. The van der Waals surface area contributed by atoms with Gasteiger partial charge in [-0.05, 0) is 48.9 Å². The van der Waals surface area contributed by atoms with Crippen molar-refractivity contribution in [1.82, 2.24) is 19.8 Å². The van der Waals surface area contributed by atoms with Gasteiger partial charge in [-0.15, -0.1) is 0 Å². The van der Waals surface area contributed by atoms with Crippen LogP contribution < -0.4 is 5.32 Å². The fraction of sp³-hybridized carbons (Fsp3) is 0.727. The smallest absolute Gasteiger partial charge is 0.109 e. The molecular formula is C11H19BrN4. The van der Waals surface area contributed by atoms with Crippen LogP contribution in [0.4, 0.5) is 0 Å². The van der Waals surface area contributed by atoms with Crippen LogP contribution in [0.15, 0.2) is 10.9 Å². The van der Waals surface area contributed by atoms with Crippen molar-refractivity contribution in [2.75, 3.05) is 26.7 Å². The Kier molecular flexibility index (Phi) is 4.00. The zero-order chi connectivity index (χ0) is 11.5. The molecule has 5 heteroatoms. The van der Waals surface area contributed by atoms with Crippen LogP contribution in [0.2, 0.25) is 0 Å². The van der Waals surface area contributed by atoms with Crippen LogP contribution in [-0.2, 0) is 7.05 Å². The highest BCUT2D eigenvalue weighted by molar-refractivity contribution is 9.10. The summed E-state index contributed by atoms with van der Waals surface area (Å²) in [4.78, 5) is 7.03. The molecule has 16 heavy (non-hydrogen) atoms. The molecule has 0 saturated carbocycles. The highest BCUT2D eigenvalue weighted by Crippen LogP contribution is 2.28. The van der Waals surface area contributed by atoms with Gasteiger partial charge < -0.3 is 9.88 Å². The second-order valence-electron chi connectivity index (χ2n) is 4.35. The molecule has 0 bridgehead atoms. The average Bonchev–Trinajstić information content (AvgIpc) is 2.89. The average molecular weight is 287 g/mol. The molecule has 0 radical (unpaired) electrons. The summed E-state index contributed by atoms with van der Waals surface area (Å²) in [5.41, 5.74) is 1.15. The normalized spacial score (nSPS) is 19.2. The molecule has 1 atom stereocenters. The monoisotopic (exact) mass is 286 g/mol. The molecule has 4 nitrogen and oxygen atoms in total. The van der Waals surface area contributed by atoms with E-state index in [0.717, 1.165) is 16.8 Å². The Labute approximate surface area is 105 Å². The molecule has 1 unspecified atom stereocenters. The molecule has 1 fully saturated rings. The second-order valence-corrected chi connectivity index (χ2v) is 5.10. The number of rotatable bonds is 4. The molecule has 0 aromatic carbocycles. The lowest BCUT2D eigenvalue weighted by Crippen LogP contribution is -2.33. The topological polar surface area (TPSA) is 33.1 Å². The standard InChI is InChI=1S/C11H19BrN4/c1-13-7-9(16-5-3-4-6-16)10-11(12)15(2)8-14-10/h8-9,13H,3-7H2,1-2H3. The zero-order valence-corrected chi connectivity index (χ0v) is 11.5. The lowest BCUT2D eigenvalue weighted by Gasteiger charge is -2.26. The van der Waals surface area contributed by atoms with Crippen LogP contribution in [0.1, 0.15) is 24.6 Å². The quantitative estimate of drug-likeness (QED) is 0.912. The van der Waals surface area contributed by atoms with Crippen LogP contribution in [0.25, 0.3) is 0 Å². The number of imidazole rings is 1. The SMILES string of the molecule is CNCC(c1ncn(C)c1Br)N1CCCC1. The number of likely N-dealkylation sites (tertiary alicyclic amines) is 1. The van der Waals surface area contributed by atoms with Gasteiger partial charge in [0.15, 0.2) is 0 Å². The third kappa shape index (κ3) is 2.31. The van der Waals surface area contributed by atoms with E-state index in [1.54, 1.807) is 0 Å². The molecule has 1 aromatic heterocycles. The summed E-state index contributed by atoms with van der Waals surface area (Å²) in [5.74, 6) is 0. The summed E-state index contributed by atoms with van der Waals surface area (Å²) in [6.45, 7) is 3.33. The van der Waals surface area contributed by atoms with E-state index in [1.165, 1.54) is 25.9 Å². The number of aryl methyl sites for hydroxylation is 1. The summed E-state index contributed by atoms with van der Waals surface area (Å²) in [5, 5.41) is 3.27. The number of hydrogen-bond acceptors (Lipinski definition) is 3. The van der Waals surface area contributed by atoms with E-state index in [4.69, 9.17) is 0 Å². The first-order valence-corrected chi connectivity index (χ1v) is 6.58. The summed E-state index contributed by atoms with van der Waals surface area (Å²) in [6.07, 6.45) is 4.49. The molecule has 2 rings (SSSR count). The van der Waals surface area contributed by atoms with Crippen molar-refractivity contribution < 1.29 is 0 Å². The van der Waals surface area contributed by atoms with E-state index in [0.29, 0.717) is 6.04 Å². The fourth-order valence-corrected chi connectivity index (χ4v) is 2.76. The summed E-state index contributed by atoms with van der Waals surface area (Å²) in [7, 11) is 4.01. The molecule has 2 heterocycles. The van der Waals surface area contributed by atoms with Gasteiger partial charge in [0.2, 0.25) is 0 Å². The Hall–Kier alpha value is -0.390. The third-order valence-corrected chi connectivity index (χ3v) is 4.15. The molecule has 1 aliphatic rings. The Morgan fingerprint density at radius 1 is 1.50 bits per heavy atom. The number of hydrogen-bond donors (Lipinski definition) is 1. The predicted molar refractivity (Wildman–Crippen MR) is 68.4 cm³/mol. The van der Waals surface area contributed by atoms with Crippen LogP contribution in [0, 0.1) is 0 Å². The van der Waals surface area contributed by atoms with Crippen molar-refractivity contribution in [3.05, 3.63) is 16.6 Å². The first-order valence-electron chi connectivity index (χ1n) is 5.79. The highest BCUT2D eigenvalue weighted by Gasteiger charge is 2.26. The maximum absolute atomic E-state index is 4.51. The van der Waals surface area contributed by atoms with E-state index in [1.807, 2.05) is 25.0 Å². The number of halogens is 1. The molecule has 0 spiro atoms. The second kappa shape index (κ2) is 5.29. The molecule has 0 amide bonds. The van der Waals surface area contributed by atoms with Crippen molar-refractivity contribution in [3.8, 4) is 0 Å². The van der Waals surface area contributed by atoms with Gasteiger partial charge in [-0.2, -0.15) is 0 Å². The van der Waals surface area contributed by atoms with Crippen molar-refractivity contribution in [1.29, 1.82) is 0 Å². The number of aromatic nitrogens is 2. The van der Waals surface area contributed by atoms with Gasteiger partial charge in [0.25, 0.3) is 0 Å². The minimum absolute atomic E-state index is 0.392. The van der Waals surface area contributed by atoms with Gasteiger partial charge in [-0.25, -0.2) is 4.98 Å². The van der Waals surface area contributed by atoms with E-state index in [9.17, 15) is 0 Å². The lowest BCUT2D eigenvalue weighted by molar-refractivity contribution is 0.237. The van der Waals surface area contributed by atoms with Crippen molar-refractivity contribution >= 4 is 15.9 Å². The molecule has 0 aliphatic carbocycles. The van der Waals surface area contributed by atoms with Gasteiger partial charge in [0, 0.05) is 13.6 Å². The first kappa shape index (κ1) is 12.1. The Balaban J connectivity index is 2.20. The minimum atomic E-state index is 0.392. The largest absolute Gasteiger partial charge is 0.328 e. The van der Waals surface area contributed by atoms with E-state index < -0.39 is 0 Å². The number of likely N-dealkylation sites (N-methyl/N-ethyl adjacent to an activating group) is 1. The van der Waals surface area contributed by atoms with Gasteiger partial charge in [0.05, 0.1) is 18.1 Å². The number of nitrogens with zero attached hydrogens (tertiary/aromatic N) is 3. The van der Waals surface area contributed by atoms with Crippen molar-refractivity contribution in [2.45, 2.75) is 18.9 Å². The minimum Gasteiger partial charge on any atom is -0.328 e. The van der Waals surface area contributed by atoms with Crippen LogP contribution in [0.5, 0.6) is 0 Å². The molecule has 1 aromatic rings. The van der Waals surface area contributed by atoms with Crippen LogP contribution >= 0.6 is 15.9 Å². The number of nitrogens with one attached hydrogen (secondary N) is 1. The van der Waals surface area contributed by atoms with Gasteiger partial charge >= 0.3 is 0 Å². The molecule has 1 aliphatic heterocycles. The molecular weight excluding hydrogens is 268 g/mol. The molecule has 90 valence electrons. The van der Waals surface area contributed by atoms with E-state index in [2.05, 4.69) is 31.1 Å². The summed E-state index contributed by atoms with van der Waals surface area (Å²) in [6, 6.07) is 0.392. The summed E-state index contributed by atoms with van der Waals surface area (Å²) < 4.78 is 3.12. The fourth-order valence-electron chi connectivity index (χ4n) is 2.30. The van der Waals surface area contributed by atoms with E-state index in [-0.39, 0.29) is 0 Å². The summed E-state index contributed by atoms with van der Waals surface area (Å²) >= 11 is 3.61. The predicted octanol–water partition coefficient (Wildman–Crippen LogP) is 1.54.